The molecule has 1 fully saturated rings. The molecular weight excluding hydrogens is 462 g/mol. The highest BCUT2D eigenvalue weighted by atomic mass is 35.5. The second kappa shape index (κ2) is 9.17. The van der Waals surface area contributed by atoms with Crippen LogP contribution in [0.4, 0.5) is 17.2 Å². The number of carbonyl (C=O) groups excluding carboxylic acids is 1. The number of benzene rings is 2. The molecule has 2 aromatic carbocycles. The zero-order valence-corrected chi connectivity index (χ0v) is 20.3. The molecule has 7 nitrogen and oxygen atoms in total. The Bertz CT molecular complexity index is 1410. The molecular formula is C27H26ClN5O2. The Morgan fingerprint density at radius 2 is 1.97 bits per heavy atom. The van der Waals surface area contributed by atoms with Crippen LogP contribution in [0, 0.1) is 6.92 Å². The number of nitrogens with two attached hydrogens (primary N) is 1. The fourth-order valence-corrected chi connectivity index (χ4v) is 4.73. The van der Waals surface area contributed by atoms with Crippen LogP contribution in [0.3, 0.4) is 0 Å². The summed E-state index contributed by atoms with van der Waals surface area (Å²) in [7, 11) is 0. The summed E-state index contributed by atoms with van der Waals surface area (Å²) in [5.41, 5.74) is 11.1. The number of aryl methyl sites for hydroxylation is 1. The van der Waals surface area contributed by atoms with Crippen LogP contribution < -0.4 is 16.0 Å². The third kappa shape index (κ3) is 4.52. The number of phenolic OH excluding ortho intramolecular Hbond substituents is 1. The standard InChI is InChI=1S/C27H26ClN5O2/c1-15-9-18(11-23(28)27(15)35)17-3-5-24-21(10-17)26(22(13-30-24)16(2)34)32-20-4-6-25(31-12-20)33-8-7-19(29)14-33/h3-6,9-13,19,35H,7-8,14,29H2,1-2H3,(H,30,32). The van der Waals surface area contributed by atoms with Gasteiger partial charge in [-0.25, -0.2) is 4.98 Å². The Kier molecular flexibility index (Phi) is 6.05. The minimum absolute atomic E-state index is 0.0750. The molecule has 0 saturated carbocycles. The molecule has 0 spiro atoms. The van der Waals surface area contributed by atoms with Gasteiger partial charge in [0.05, 0.1) is 33.7 Å². The van der Waals surface area contributed by atoms with E-state index in [1.807, 2.05) is 36.4 Å². The number of pyridine rings is 2. The van der Waals surface area contributed by atoms with Gasteiger partial charge in [-0.05, 0) is 73.4 Å². The highest BCUT2D eigenvalue weighted by Gasteiger charge is 2.20. The van der Waals surface area contributed by atoms with E-state index in [1.54, 1.807) is 25.4 Å². The van der Waals surface area contributed by atoms with Gasteiger partial charge in [-0.1, -0.05) is 17.7 Å². The van der Waals surface area contributed by atoms with Crippen molar-refractivity contribution in [2.45, 2.75) is 26.3 Å². The molecule has 5 rings (SSSR count). The van der Waals surface area contributed by atoms with Crippen molar-refractivity contribution in [3.05, 3.63) is 71.0 Å². The van der Waals surface area contributed by atoms with E-state index in [2.05, 4.69) is 20.2 Å². The van der Waals surface area contributed by atoms with Gasteiger partial charge in [0.1, 0.15) is 11.6 Å². The normalized spacial score (nSPS) is 15.5. The van der Waals surface area contributed by atoms with E-state index >= 15 is 0 Å². The molecule has 8 heteroatoms. The predicted molar refractivity (Wildman–Crippen MR) is 141 cm³/mol. The third-order valence-corrected chi connectivity index (χ3v) is 6.69. The number of ketones is 1. The molecule has 0 aliphatic carbocycles. The predicted octanol–water partition coefficient (Wildman–Crippen LogP) is 5.45. The molecule has 2 aromatic heterocycles. The van der Waals surface area contributed by atoms with E-state index < -0.39 is 0 Å². The Morgan fingerprint density at radius 1 is 1.14 bits per heavy atom. The SMILES string of the molecule is CC(=O)c1cnc2ccc(-c3cc(C)c(O)c(Cl)c3)cc2c1Nc1ccc(N2CCC(N)C2)nc1. The van der Waals surface area contributed by atoms with Gasteiger partial charge in [-0.15, -0.1) is 0 Å². The molecule has 1 aliphatic rings. The van der Waals surface area contributed by atoms with Gasteiger partial charge in [0.2, 0.25) is 0 Å². The molecule has 1 saturated heterocycles. The average molecular weight is 488 g/mol. The molecule has 4 N–H and O–H groups in total. The molecule has 35 heavy (non-hydrogen) atoms. The number of anilines is 3. The van der Waals surface area contributed by atoms with Crippen molar-refractivity contribution in [2.75, 3.05) is 23.3 Å². The number of hydrogen-bond donors (Lipinski definition) is 3. The van der Waals surface area contributed by atoms with E-state index in [1.165, 1.54) is 6.92 Å². The van der Waals surface area contributed by atoms with Crippen LogP contribution in [-0.2, 0) is 0 Å². The number of halogens is 1. The maximum Gasteiger partial charge on any atom is 0.163 e. The summed E-state index contributed by atoms with van der Waals surface area (Å²) in [4.78, 5) is 23.8. The number of nitrogens with zero attached hydrogens (tertiary/aromatic N) is 3. The Labute approximate surface area is 208 Å². The van der Waals surface area contributed by atoms with E-state index in [0.29, 0.717) is 21.8 Å². The third-order valence-electron chi connectivity index (χ3n) is 6.40. The first-order valence-electron chi connectivity index (χ1n) is 11.5. The van der Waals surface area contributed by atoms with E-state index in [4.69, 9.17) is 17.3 Å². The maximum atomic E-state index is 12.5. The lowest BCUT2D eigenvalue weighted by molar-refractivity contribution is 0.101. The summed E-state index contributed by atoms with van der Waals surface area (Å²) in [5, 5.41) is 14.5. The van der Waals surface area contributed by atoms with Crippen LogP contribution in [0.25, 0.3) is 22.0 Å². The fourth-order valence-electron chi connectivity index (χ4n) is 4.46. The molecule has 4 aromatic rings. The number of Topliss-reactive ketones (excluding diaryl/α,β-unsaturated/α-hetero) is 1. The fraction of sp³-hybridized carbons (Fsp3) is 0.222. The van der Waals surface area contributed by atoms with Crippen LogP contribution >= 0.6 is 11.6 Å². The Morgan fingerprint density at radius 3 is 2.63 bits per heavy atom. The molecule has 0 radical (unpaired) electrons. The highest BCUT2D eigenvalue weighted by Crippen LogP contribution is 2.36. The van der Waals surface area contributed by atoms with Crippen LogP contribution in [0.5, 0.6) is 5.75 Å². The summed E-state index contributed by atoms with van der Waals surface area (Å²) in [6.45, 7) is 5.03. The topological polar surface area (TPSA) is 104 Å². The number of nitrogens with one attached hydrogen (secondary N) is 1. The summed E-state index contributed by atoms with van der Waals surface area (Å²) >= 11 is 6.22. The number of rotatable bonds is 5. The van der Waals surface area contributed by atoms with Crippen LogP contribution in [0.15, 0.2) is 54.9 Å². The minimum Gasteiger partial charge on any atom is -0.506 e. The van der Waals surface area contributed by atoms with Crippen LogP contribution in [0.2, 0.25) is 5.02 Å². The van der Waals surface area contributed by atoms with Gasteiger partial charge < -0.3 is 21.1 Å². The molecule has 1 atom stereocenters. The zero-order valence-electron chi connectivity index (χ0n) is 19.5. The van der Waals surface area contributed by atoms with Crippen molar-refractivity contribution >= 4 is 45.5 Å². The number of aromatic hydroxyl groups is 1. The van der Waals surface area contributed by atoms with Gasteiger partial charge in [0.15, 0.2) is 5.78 Å². The Hall–Kier alpha value is -3.68. The molecule has 0 bridgehead atoms. The second-order valence-corrected chi connectivity index (χ2v) is 9.39. The lowest BCUT2D eigenvalue weighted by Gasteiger charge is -2.18. The van der Waals surface area contributed by atoms with E-state index in [0.717, 1.165) is 53.0 Å². The molecule has 1 unspecified atom stereocenters. The van der Waals surface area contributed by atoms with Gasteiger partial charge in [0.25, 0.3) is 0 Å². The first kappa shape index (κ1) is 23.1. The van der Waals surface area contributed by atoms with Crippen molar-refractivity contribution in [2.24, 2.45) is 5.73 Å². The maximum absolute atomic E-state index is 12.5. The number of carbonyl (C=O) groups is 1. The summed E-state index contributed by atoms with van der Waals surface area (Å²) < 4.78 is 0. The quantitative estimate of drug-likeness (QED) is 0.321. The summed E-state index contributed by atoms with van der Waals surface area (Å²) in [5.74, 6) is 0.870. The summed E-state index contributed by atoms with van der Waals surface area (Å²) in [6.07, 6.45) is 4.32. The molecule has 0 amide bonds. The molecule has 178 valence electrons. The number of hydrogen-bond acceptors (Lipinski definition) is 7. The molecule has 3 heterocycles. The van der Waals surface area contributed by atoms with Crippen molar-refractivity contribution in [3.8, 4) is 16.9 Å². The van der Waals surface area contributed by atoms with Crippen molar-refractivity contribution in [1.82, 2.24) is 9.97 Å². The monoisotopic (exact) mass is 487 g/mol. The lowest BCUT2D eigenvalue weighted by Crippen LogP contribution is -2.26. The van der Waals surface area contributed by atoms with Gasteiger partial charge in [-0.2, -0.15) is 0 Å². The average Bonchev–Trinajstić information content (AvgIpc) is 3.28. The first-order valence-corrected chi connectivity index (χ1v) is 11.8. The van der Waals surface area contributed by atoms with Crippen molar-refractivity contribution in [3.63, 3.8) is 0 Å². The zero-order chi connectivity index (χ0) is 24.7. The van der Waals surface area contributed by atoms with E-state index in [-0.39, 0.29) is 17.6 Å². The van der Waals surface area contributed by atoms with Crippen molar-refractivity contribution < 1.29 is 9.90 Å². The number of phenols is 1. The molecule has 1 aliphatic heterocycles. The van der Waals surface area contributed by atoms with E-state index in [9.17, 15) is 9.90 Å². The first-order chi connectivity index (χ1) is 16.8. The van der Waals surface area contributed by atoms with Gasteiger partial charge in [-0.3, -0.25) is 9.78 Å². The highest BCUT2D eigenvalue weighted by molar-refractivity contribution is 6.32. The summed E-state index contributed by atoms with van der Waals surface area (Å²) in [6, 6.07) is 13.5. The Balaban J connectivity index is 1.56. The van der Waals surface area contributed by atoms with Gasteiger partial charge >= 0.3 is 0 Å². The smallest absolute Gasteiger partial charge is 0.163 e. The van der Waals surface area contributed by atoms with Crippen molar-refractivity contribution in [1.29, 1.82) is 0 Å². The van der Waals surface area contributed by atoms with Crippen LogP contribution in [-0.4, -0.2) is 40.0 Å². The van der Waals surface area contributed by atoms with Gasteiger partial charge in [0, 0.05) is 30.7 Å². The largest absolute Gasteiger partial charge is 0.506 e. The minimum atomic E-state index is -0.0912. The second-order valence-electron chi connectivity index (χ2n) is 8.98. The lowest BCUT2D eigenvalue weighted by atomic mass is 9.99. The van der Waals surface area contributed by atoms with Crippen LogP contribution in [0.1, 0.15) is 29.3 Å². The number of aromatic nitrogens is 2. The number of fused-ring (bicyclic) bond motifs is 1.